The lowest BCUT2D eigenvalue weighted by Crippen LogP contribution is -2.48. The SMILES string of the molecule is COCCC(NC(=O)C1(C)CCCCC1)C(=O)O. The predicted molar refractivity (Wildman–Crippen MR) is 67.3 cm³/mol. The van der Waals surface area contributed by atoms with E-state index in [-0.39, 0.29) is 5.91 Å². The predicted octanol–water partition coefficient (Wildman–Crippen LogP) is 1.56. The van der Waals surface area contributed by atoms with E-state index in [1.807, 2.05) is 6.92 Å². The molecule has 1 fully saturated rings. The molecule has 1 aliphatic rings. The number of aliphatic carboxylic acids is 1. The molecule has 18 heavy (non-hydrogen) atoms. The van der Waals surface area contributed by atoms with Crippen molar-refractivity contribution in [1.82, 2.24) is 5.32 Å². The molecule has 2 N–H and O–H groups in total. The molecule has 0 bridgehead atoms. The second-order valence-electron chi connectivity index (χ2n) is 5.27. The van der Waals surface area contributed by atoms with E-state index >= 15 is 0 Å². The number of amides is 1. The van der Waals surface area contributed by atoms with E-state index < -0.39 is 17.4 Å². The molecule has 104 valence electrons. The smallest absolute Gasteiger partial charge is 0.326 e. The number of nitrogens with one attached hydrogen (secondary N) is 1. The molecular weight excluding hydrogens is 234 g/mol. The van der Waals surface area contributed by atoms with Gasteiger partial charge < -0.3 is 15.2 Å². The Morgan fingerprint density at radius 2 is 1.94 bits per heavy atom. The van der Waals surface area contributed by atoms with Gasteiger partial charge in [-0.1, -0.05) is 26.2 Å². The lowest BCUT2D eigenvalue weighted by molar-refractivity contribution is -0.144. The number of carbonyl (C=O) groups excluding carboxylic acids is 1. The topological polar surface area (TPSA) is 75.6 Å². The van der Waals surface area contributed by atoms with E-state index in [1.165, 1.54) is 7.11 Å². The molecule has 5 heteroatoms. The summed E-state index contributed by atoms with van der Waals surface area (Å²) in [4.78, 5) is 23.2. The first-order valence-electron chi connectivity index (χ1n) is 6.52. The summed E-state index contributed by atoms with van der Waals surface area (Å²) < 4.78 is 4.86. The summed E-state index contributed by atoms with van der Waals surface area (Å²) in [6, 6.07) is -0.851. The molecule has 0 radical (unpaired) electrons. The van der Waals surface area contributed by atoms with Crippen LogP contribution >= 0.6 is 0 Å². The Labute approximate surface area is 108 Å². The molecule has 0 aromatic heterocycles. The van der Waals surface area contributed by atoms with Crippen LogP contribution in [-0.2, 0) is 14.3 Å². The third kappa shape index (κ3) is 3.98. The molecule has 1 saturated carbocycles. The van der Waals surface area contributed by atoms with Gasteiger partial charge in [-0.3, -0.25) is 4.79 Å². The normalized spacial score (nSPS) is 20.1. The highest BCUT2D eigenvalue weighted by Gasteiger charge is 2.36. The number of methoxy groups -OCH3 is 1. The van der Waals surface area contributed by atoms with Crippen LogP contribution in [0.2, 0.25) is 0 Å². The molecule has 5 nitrogen and oxygen atoms in total. The number of carboxylic acids is 1. The number of carbonyl (C=O) groups is 2. The second-order valence-corrected chi connectivity index (χ2v) is 5.27. The van der Waals surface area contributed by atoms with Crippen molar-refractivity contribution in [2.45, 2.75) is 51.5 Å². The van der Waals surface area contributed by atoms with E-state index in [0.717, 1.165) is 32.1 Å². The summed E-state index contributed by atoms with van der Waals surface area (Å²) in [5.74, 6) is -1.13. The Morgan fingerprint density at radius 1 is 1.33 bits per heavy atom. The maximum absolute atomic E-state index is 12.2. The van der Waals surface area contributed by atoms with Gasteiger partial charge in [-0.15, -0.1) is 0 Å². The van der Waals surface area contributed by atoms with Gasteiger partial charge in [0.15, 0.2) is 0 Å². The molecular formula is C13H23NO4. The molecule has 1 aliphatic carbocycles. The molecule has 1 rings (SSSR count). The van der Waals surface area contributed by atoms with E-state index in [9.17, 15) is 9.59 Å². The van der Waals surface area contributed by atoms with Gasteiger partial charge in [0.1, 0.15) is 6.04 Å². The Morgan fingerprint density at radius 3 is 2.44 bits per heavy atom. The van der Waals surface area contributed by atoms with Crippen LogP contribution in [0.15, 0.2) is 0 Å². The Balaban J connectivity index is 2.56. The molecule has 0 aliphatic heterocycles. The third-order valence-corrected chi connectivity index (χ3v) is 3.72. The minimum Gasteiger partial charge on any atom is -0.480 e. The fourth-order valence-electron chi connectivity index (χ4n) is 2.38. The highest BCUT2D eigenvalue weighted by atomic mass is 16.5. The van der Waals surface area contributed by atoms with E-state index in [1.54, 1.807) is 0 Å². The maximum Gasteiger partial charge on any atom is 0.326 e. The fraction of sp³-hybridized carbons (Fsp3) is 0.846. The van der Waals surface area contributed by atoms with Gasteiger partial charge >= 0.3 is 5.97 Å². The Hall–Kier alpha value is -1.10. The highest BCUT2D eigenvalue weighted by molar-refractivity contribution is 5.87. The zero-order valence-corrected chi connectivity index (χ0v) is 11.2. The van der Waals surface area contributed by atoms with E-state index in [4.69, 9.17) is 9.84 Å². The number of carboxylic acid groups (broad SMARTS) is 1. The summed E-state index contributed by atoms with van der Waals surface area (Å²) in [6.07, 6.45) is 5.23. The first-order valence-corrected chi connectivity index (χ1v) is 6.52. The second kappa shape index (κ2) is 6.73. The van der Waals surface area contributed by atoms with Crippen LogP contribution in [0.5, 0.6) is 0 Å². The highest BCUT2D eigenvalue weighted by Crippen LogP contribution is 2.35. The molecule has 1 atom stereocenters. The van der Waals surface area contributed by atoms with E-state index in [0.29, 0.717) is 13.0 Å². The van der Waals surface area contributed by atoms with Gasteiger partial charge in [-0.05, 0) is 12.8 Å². The number of hydrogen-bond donors (Lipinski definition) is 2. The molecule has 1 unspecified atom stereocenters. The molecule has 0 spiro atoms. The maximum atomic E-state index is 12.2. The van der Waals surface area contributed by atoms with Crippen molar-refractivity contribution in [2.75, 3.05) is 13.7 Å². The van der Waals surface area contributed by atoms with Gasteiger partial charge in [0.2, 0.25) is 5.91 Å². The van der Waals surface area contributed by atoms with Crippen LogP contribution in [0.25, 0.3) is 0 Å². The van der Waals surface area contributed by atoms with E-state index in [2.05, 4.69) is 5.32 Å². The van der Waals surface area contributed by atoms with Gasteiger partial charge in [-0.2, -0.15) is 0 Å². The number of ether oxygens (including phenoxy) is 1. The monoisotopic (exact) mass is 257 g/mol. The summed E-state index contributed by atoms with van der Waals surface area (Å²) in [5, 5.41) is 11.7. The Kier molecular flexibility index (Phi) is 5.59. The van der Waals surface area contributed by atoms with Crippen LogP contribution < -0.4 is 5.32 Å². The summed E-state index contributed by atoms with van der Waals surface area (Å²) in [7, 11) is 1.52. The van der Waals surface area contributed by atoms with Crippen molar-refractivity contribution >= 4 is 11.9 Å². The average Bonchev–Trinajstić information content (AvgIpc) is 2.34. The first-order chi connectivity index (χ1) is 8.49. The van der Waals surface area contributed by atoms with Crippen molar-refractivity contribution in [3.63, 3.8) is 0 Å². The Bertz CT molecular complexity index is 297. The van der Waals surface area contributed by atoms with Crippen molar-refractivity contribution in [2.24, 2.45) is 5.41 Å². The van der Waals surface area contributed by atoms with Crippen LogP contribution in [0, 0.1) is 5.41 Å². The summed E-state index contributed by atoms with van der Waals surface area (Å²) in [5.41, 5.74) is -0.404. The zero-order valence-electron chi connectivity index (χ0n) is 11.2. The molecule has 1 amide bonds. The van der Waals surface area contributed by atoms with Crippen molar-refractivity contribution < 1.29 is 19.4 Å². The summed E-state index contributed by atoms with van der Waals surface area (Å²) in [6.45, 7) is 2.25. The van der Waals surface area contributed by atoms with Crippen molar-refractivity contribution in [3.05, 3.63) is 0 Å². The van der Waals surface area contributed by atoms with Gasteiger partial charge in [0, 0.05) is 25.6 Å². The number of hydrogen-bond acceptors (Lipinski definition) is 3. The van der Waals surface area contributed by atoms with Crippen molar-refractivity contribution in [1.29, 1.82) is 0 Å². The average molecular weight is 257 g/mol. The van der Waals surface area contributed by atoms with Crippen LogP contribution in [0.1, 0.15) is 45.4 Å². The zero-order chi connectivity index (χ0) is 13.6. The van der Waals surface area contributed by atoms with Crippen LogP contribution in [0.4, 0.5) is 0 Å². The third-order valence-electron chi connectivity index (χ3n) is 3.72. The van der Waals surface area contributed by atoms with Gasteiger partial charge in [-0.25, -0.2) is 4.79 Å². The summed E-state index contributed by atoms with van der Waals surface area (Å²) >= 11 is 0. The molecule has 0 aromatic carbocycles. The fourth-order valence-corrected chi connectivity index (χ4v) is 2.38. The minimum atomic E-state index is -1.00. The quantitative estimate of drug-likeness (QED) is 0.757. The minimum absolute atomic E-state index is 0.134. The largest absolute Gasteiger partial charge is 0.480 e. The van der Waals surface area contributed by atoms with Gasteiger partial charge in [0.05, 0.1) is 0 Å². The lowest BCUT2D eigenvalue weighted by Gasteiger charge is -2.33. The lowest BCUT2D eigenvalue weighted by atomic mass is 9.75. The van der Waals surface area contributed by atoms with Crippen LogP contribution in [-0.4, -0.2) is 36.7 Å². The molecule has 0 saturated heterocycles. The number of rotatable bonds is 6. The van der Waals surface area contributed by atoms with Gasteiger partial charge in [0.25, 0.3) is 0 Å². The molecule has 0 heterocycles. The molecule has 0 aromatic rings. The standard InChI is InChI=1S/C13H23NO4/c1-13(7-4-3-5-8-13)12(17)14-10(11(15)16)6-9-18-2/h10H,3-9H2,1-2H3,(H,14,17)(H,15,16). The first kappa shape index (κ1) is 15.0. The van der Waals surface area contributed by atoms with Crippen molar-refractivity contribution in [3.8, 4) is 0 Å². The van der Waals surface area contributed by atoms with Crippen LogP contribution in [0.3, 0.4) is 0 Å².